The van der Waals surface area contributed by atoms with E-state index in [-0.39, 0.29) is 5.91 Å². The molecule has 0 atom stereocenters. The van der Waals surface area contributed by atoms with E-state index in [1.54, 1.807) is 19.2 Å². The van der Waals surface area contributed by atoms with Crippen LogP contribution in [-0.2, 0) is 0 Å². The summed E-state index contributed by atoms with van der Waals surface area (Å²) in [5.74, 6) is 2.21. The van der Waals surface area contributed by atoms with Gasteiger partial charge in [0.2, 0.25) is 0 Å². The molecule has 108 valence electrons. The molecule has 1 saturated carbocycles. The van der Waals surface area contributed by atoms with Gasteiger partial charge >= 0.3 is 0 Å². The Labute approximate surface area is 124 Å². The van der Waals surface area contributed by atoms with E-state index >= 15 is 0 Å². The van der Waals surface area contributed by atoms with Gasteiger partial charge in [-0.2, -0.15) is 0 Å². The third kappa shape index (κ3) is 3.07. The second kappa shape index (κ2) is 6.00. The van der Waals surface area contributed by atoms with Crippen molar-refractivity contribution in [3.05, 3.63) is 59.7 Å². The molecule has 0 bridgehead atoms. The molecule has 1 aliphatic rings. The van der Waals surface area contributed by atoms with Crippen LogP contribution in [-0.4, -0.2) is 13.0 Å². The second-order valence-electron chi connectivity index (χ2n) is 5.40. The number of nitrogens with one attached hydrogen (secondary N) is 1. The maximum atomic E-state index is 11.5. The number of hydrogen-bond donors (Lipinski definition) is 1. The van der Waals surface area contributed by atoms with Crippen molar-refractivity contribution in [1.29, 1.82) is 0 Å². The topological polar surface area (TPSA) is 38.3 Å². The average Bonchev–Trinajstić information content (AvgIpc) is 2.47. The Balaban J connectivity index is 1.66. The third-order valence-corrected chi connectivity index (χ3v) is 4.04. The normalized spacial score (nSPS) is 14.3. The van der Waals surface area contributed by atoms with Crippen LogP contribution in [0.4, 0.5) is 0 Å². The standard InChI is InChI=1S/C18H19NO2/c1-19-18(20)15-7-11-17(12-8-15)21-16-9-5-14(6-10-16)13-3-2-4-13/h5-13H,2-4H2,1H3,(H,19,20). The minimum atomic E-state index is -0.0913. The maximum Gasteiger partial charge on any atom is 0.251 e. The Morgan fingerprint density at radius 3 is 2.05 bits per heavy atom. The van der Waals surface area contributed by atoms with Gasteiger partial charge in [-0.1, -0.05) is 18.6 Å². The fourth-order valence-electron chi connectivity index (χ4n) is 2.50. The Hall–Kier alpha value is -2.29. The van der Waals surface area contributed by atoms with Crippen LogP contribution in [0.15, 0.2) is 48.5 Å². The van der Waals surface area contributed by atoms with Crippen molar-refractivity contribution < 1.29 is 9.53 Å². The first kappa shape index (κ1) is 13.7. The maximum absolute atomic E-state index is 11.5. The van der Waals surface area contributed by atoms with Crippen LogP contribution in [0.2, 0.25) is 0 Å². The minimum absolute atomic E-state index is 0.0913. The first-order chi connectivity index (χ1) is 10.3. The van der Waals surface area contributed by atoms with Crippen LogP contribution in [0.5, 0.6) is 11.5 Å². The molecule has 3 nitrogen and oxygen atoms in total. The highest BCUT2D eigenvalue weighted by Gasteiger charge is 2.19. The summed E-state index contributed by atoms with van der Waals surface area (Å²) in [6.07, 6.45) is 3.96. The summed E-state index contributed by atoms with van der Waals surface area (Å²) < 4.78 is 5.80. The molecule has 0 radical (unpaired) electrons. The van der Waals surface area contributed by atoms with Crippen LogP contribution in [0, 0.1) is 0 Å². The van der Waals surface area contributed by atoms with Gasteiger partial charge in [0.25, 0.3) is 5.91 Å². The molecule has 2 aromatic rings. The van der Waals surface area contributed by atoms with Crippen LogP contribution in [0.1, 0.15) is 41.1 Å². The van der Waals surface area contributed by atoms with Crippen LogP contribution in [0.25, 0.3) is 0 Å². The Morgan fingerprint density at radius 1 is 1.00 bits per heavy atom. The van der Waals surface area contributed by atoms with Gasteiger partial charge in [0.15, 0.2) is 0 Å². The number of carbonyl (C=O) groups excluding carboxylic acids is 1. The Morgan fingerprint density at radius 2 is 1.57 bits per heavy atom. The van der Waals surface area contributed by atoms with E-state index in [9.17, 15) is 4.79 Å². The van der Waals surface area contributed by atoms with E-state index in [2.05, 4.69) is 17.4 Å². The van der Waals surface area contributed by atoms with Gasteiger partial charge < -0.3 is 10.1 Å². The average molecular weight is 281 g/mol. The monoisotopic (exact) mass is 281 g/mol. The summed E-state index contributed by atoms with van der Waals surface area (Å²) in [7, 11) is 1.62. The molecule has 0 aromatic heterocycles. The van der Waals surface area contributed by atoms with E-state index in [1.165, 1.54) is 24.8 Å². The molecule has 21 heavy (non-hydrogen) atoms. The lowest BCUT2D eigenvalue weighted by Crippen LogP contribution is -2.17. The Kier molecular flexibility index (Phi) is 3.91. The van der Waals surface area contributed by atoms with Gasteiger partial charge in [0.1, 0.15) is 11.5 Å². The molecule has 1 N–H and O–H groups in total. The lowest BCUT2D eigenvalue weighted by Gasteiger charge is -2.25. The minimum Gasteiger partial charge on any atom is -0.457 e. The highest BCUT2D eigenvalue weighted by molar-refractivity contribution is 5.94. The van der Waals surface area contributed by atoms with E-state index in [4.69, 9.17) is 4.74 Å². The fraction of sp³-hybridized carbons (Fsp3) is 0.278. The van der Waals surface area contributed by atoms with Gasteiger partial charge in [0, 0.05) is 12.6 Å². The zero-order valence-electron chi connectivity index (χ0n) is 12.1. The van der Waals surface area contributed by atoms with E-state index < -0.39 is 0 Å². The predicted molar refractivity (Wildman–Crippen MR) is 82.9 cm³/mol. The van der Waals surface area contributed by atoms with Crippen molar-refractivity contribution in [3.63, 3.8) is 0 Å². The van der Waals surface area contributed by atoms with Gasteiger partial charge in [-0.3, -0.25) is 4.79 Å². The lowest BCUT2D eigenvalue weighted by molar-refractivity contribution is 0.0963. The molecule has 3 heteroatoms. The summed E-state index contributed by atoms with van der Waals surface area (Å²) in [5.41, 5.74) is 2.04. The molecule has 1 aliphatic carbocycles. The molecule has 0 saturated heterocycles. The fourth-order valence-corrected chi connectivity index (χ4v) is 2.50. The SMILES string of the molecule is CNC(=O)c1ccc(Oc2ccc(C3CCC3)cc2)cc1. The van der Waals surface area contributed by atoms with Gasteiger partial charge in [-0.25, -0.2) is 0 Å². The zero-order chi connectivity index (χ0) is 14.7. The number of amides is 1. The summed E-state index contributed by atoms with van der Waals surface area (Å²) in [5, 5.41) is 2.60. The first-order valence-corrected chi connectivity index (χ1v) is 7.36. The number of ether oxygens (including phenoxy) is 1. The molecule has 1 fully saturated rings. The van der Waals surface area contributed by atoms with Crippen molar-refractivity contribution in [1.82, 2.24) is 5.32 Å². The molecule has 0 spiro atoms. The van der Waals surface area contributed by atoms with Gasteiger partial charge in [-0.05, 0) is 60.7 Å². The largest absolute Gasteiger partial charge is 0.457 e. The quantitative estimate of drug-likeness (QED) is 0.916. The van der Waals surface area contributed by atoms with Crippen LogP contribution < -0.4 is 10.1 Å². The molecule has 0 heterocycles. The molecular formula is C18H19NO2. The van der Waals surface area contributed by atoms with Gasteiger partial charge in [0.05, 0.1) is 0 Å². The van der Waals surface area contributed by atoms with E-state index in [0.717, 1.165) is 17.4 Å². The number of rotatable bonds is 4. The zero-order valence-corrected chi connectivity index (χ0v) is 12.1. The summed E-state index contributed by atoms with van der Waals surface area (Å²) in [4.78, 5) is 11.5. The smallest absolute Gasteiger partial charge is 0.251 e. The number of benzene rings is 2. The molecule has 0 unspecified atom stereocenters. The van der Waals surface area contributed by atoms with Crippen molar-refractivity contribution in [2.45, 2.75) is 25.2 Å². The van der Waals surface area contributed by atoms with Crippen molar-refractivity contribution in [2.24, 2.45) is 0 Å². The van der Waals surface area contributed by atoms with E-state index in [0.29, 0.717) is 5.56 Å². The highest BCUT2D eigenvalue weighted by atomic mass is 16.5. The van der Waals surface area contributed by atoms with E-state index in [1.807, 2.05) is 24.3 Å². The highest BCUT2D eigenvalue weighted by Crippen LogP contribution is 2.37. The summed E-state index contributed by atoms with van der Waals surface area (Å²) >= 11 is 0. The van der Waals surface area contributed by atoms with Crippen LogP contribution >= 0.6 is 0 Å². The molecule has 1 amide bonds. The third-order valence-electron chi connectivity index (χ3n) is 4.04. The summed E-state index contributed by atoms with van der Waals surface area (Å²) in [6.45, 7) is 0. The Bertz CT molecular complexity index is 613. The summed E-state index contributed by atoms with van der Waals surface area (Å²) in [6, 6.07) is 15.5. The molecule has 3 rings (SSSR count). The van der Waals surface area contributed by atoms with Crippen LogP contribution in [0.3, 0.4) is 0 Å². The second-order valence-corrected chi connectivity index (χ2v) is 5.40. The van der Waals surface area contributed by atoms with Crippen molar-refractivity contribution in [3.8, 4) is 11.5 Å². The van der Waals surface area contributed by atoms with Crippen molar-refractivity contribution >= 4 is 5.91 Å². The molecule has 2 aromatic carbocycles. The molecule has 0 aliphatic heterocycles. The van der Waals surface area contributed by atoms with Crippen molar-refractivity contribution in [2.75, 3.05) is 7.05 Å². The molecular weight excluding hydrogens is 262 g/mol. The number of hydrogen-bond acceptors (Lipinski definition) is 2. The predicted octanol–water partition coefficient (Wildman–Crippen LogP) is 4.11. The van der Waals surface area contributed by atoms with Gasteiger partial charge in [-0.15, -0.1) is 0 Å². The lowest BCUT2D eigenvalue weighted by atomic mass is 9.80. The first-order valence-electron chi connectivity index (χ1n) is 7.36. The number of carbonyl (C=O) groups is 1.